The molecule has 1 aliphatic heterocycles. The SMILES string of the molecule is CC.CC.CC.CC.CC(=O)CNC(=O)C1CC(C)(C)N(S(=O)(=O)C2=CC(C)C=CC=C2)CC1(C)C. The van der Waals surface area contributed by atoms with Gasteiger partial charge in [0.25, 0.3) is 0 Å². The van der Waals surface area contributed by atoms with Gasteiger partial charge in [-0.15, -0.1) is 0 Å². The Hall–Kier alpha value is -1.73. The second-order valence-corrected chi connectivity index (χ2v) is 11.0. The maximum atomic E-state index is 13.5. The summed E-state index contributed by atoms with van der Waals surface area (Å²) in [6, 6.07) is 0. The Labute approximate surface area is 223 Å². The number of hydrogen-bond donors (Lipinski definition) is 1. The van der Waals surface area contributed by atoms with Gasteiger partial charge in [-0.05, 0) is 44.6 Å². The third-order valence-electron chi connectivity index (χ3n) is 5.50. The lowest BCUT2D eigenvalue weighted by molar-refractivity contribution is -0.134. The van der Waals surface area contributed by atoms with Crippen molar-refractivity contribution in [1.82, 2.24) is 9.62 Å². The Morgan fingerprint density at radius 3 is 1.94 bits per heavy atom. The number of sulfonamides is 1. The molecule has 0 aromatic rings. The van der Waals surface area contributed by atoms with Gasteiger partial charge in [-0.25, -0.2) is 8.42 Å². The number of amides is 1. The Balaban J connectivity index is -0.00000124. The van der Waals surface area contributed by atoms with E-state index in [9.17, 15) is 18.0 Å². The summed E-state index contributed by atoms with van der Waals surface area (Å²) in [6.07, 6.45) is 9.30. The average Bonchev–Trinajstić information content (AvgIpc) is 3.08. The number of Topliss-reactive ketones (excluding diaryl/α,β-unsaturated/α-hetero) is 1. The molecule has 2 atom stereocenters. The molecular formula is C29H56N2O4S. The fourth-order valence-corrected chi connectivity index (χ4v) is 5.94. The average molecular weight is 529 g/mol. The second-order valence-electron chi connectivity index (χ2n) is 9.16. The highest BCUT2D eigenvalue weighted by Crippen LogP contribution is 2.45. The number of carbonyl (C=O) groups excluding carboxylic acids is 2. The molecule has 1 aliphatic carbocycles. The zero-order valence-electron chi connectivity index (χ0n) is 25.7. The van der Waals surface area contributed by atoms with Crippen LogP contribution in [-0.2, 0) is 19.6 Å². The molecule has 1 saturated heterocycles. The molecule has 36 heavy (non-hydrogen) atoms. The number of rotatable bonds is 5. The summed E-state index contributed by atoms with van der Waals surface area (Å²) in [7, 11) is -3.71. The van der Waals surface area contributed by atoms with E-state index < -0.39 is 21.0 Å². The van der Waals surface area contributed by atoms with Gasteiger partial charge in [-0.1, -0.05) is 100 Å². The van der Waals surface area contributed by atoms with Crippen molar-refractivity contribution in [2.24, 2.45) is 17.3 Å². The van der Waals surface area contributed by atoms with Crippen molar-refractivity contribution in [3.63, 3.8) is 0 Å². The molecule has 1 amide bonds. The number of hydrogen-bond acceptors (Lipinski definition) is 4. The molecule has 0 aromatic carbocycles. The van der Waals surface area contributed by atoms with Gasteiger partial charge in [-0.3, -0.25) is 9.59 Å². The number of allylic oxidation sites excluding steroid dienone is 5. The monoisotopic (exact) mass is 528 g/mol. The summed E-state index contributed by atoms with van der Waals surface area (Å²) >= 11 is 0. The van der Waals surface area contributed by atoms with Gasteiger partial charge in [0.1, 0.15) is 5.78 Å². The first-order valence-corrected chi connectivity index (χ1v) is 15.1. The van der Waals surface area contributed by atoms with Crippen LogP contribution in [0.4, 0.5) is 0 Å². The van der Waals surface area contributed by atoms with Gasteiger partial charge in [0, 0.05) is 18.0 Å². The molecule has 0 spiro atoms. The maximum Gasteiger partial charge on any atom is 0.243 e. The first-order valence-electron chi connectivity index (χ1n) is 13.6. The summed E-state index contributed by atoms with van der Waals surface area (Å²) in [5.74, 6) is -0.671. The van der Waals surface area contributed by atoms with E-state index in [1.807, 2.05) is 102 Å². The molecule has 2 rings (SSSR count). The minimum Gasteiger partial charge on any atom is -0.349 e. The largest absolute Gasteiger partial charge is 0.349 e. The predicted octanol–water partition coefficient (Wildman–Crippen LogP) is 6.90. The van der Waals surface area contributed by atoms with Crippen molar-refractivity contribution in [3.05, 3.63) is 35.3 Å². The molecule has 6 nitrogen and oxygen atoms in total. The smallest absolute Gasteiger partial charge is 0.243 e. The molecule has 2 unspecified atom stereocenters. The lowest BCUT2D eigenvalue weighted by Gasteiger charge is -2.51. The van der Waals surface area contributed by atoms with Crippen molar-refractivity contribution in [1.29, 1.82) is 0 Å². The minimum absolute atomic E-state index is 0.00355. The first kappa shape index (κ1) is 38.8. The topological polar surface area (TPSA) is 83.6 Å². The van der Waals surface area contributed by atoms with Gasteiger partial charge < -0.3 is 5.32 Å². The number of piperidine rings is 1. The quantitative estimate of drug-likeness (QED) is 0.421. The number of nitrogens with zero attached hydrogens (tertiary/aromatic N) is 1. The van der Waals surface area contributed by atoms with Crippen molar-refractivity contribution >= 4 is 21.7 Å². The van der Waals surface area contributed by atoms with Crippen LogP contribution in [0.15, 0.2) is 35.3 Å². The van der Waals surface area contributed by atoms with Crippen LogP contribution in [0.25, 0.3) is 0 Å². The number of carbonyl (C=O) groups is 2. The van der Waals surface area contributed by atoms with Crippen molar-refractivity contribution in [2.45, 2.75) is 109 Å². The van der Waals surface area contributed by atoms with E-state index in [0.29, 0.717) is 6.42 Å². The summed E-state index contributed by atoms with van der Waals surface area (Å²) in [6.45, 7) is 27.1. The number of nitrogens with one attached hydrogen (secondary N) is 1. The van der Waals surface area contributed by atoms with E-state index in [1.54, 1.807) is 18.2 Å². The first-order chi connectivity index (χ1) is 16.8. The normalized spacial score (nSPS) is 21.7. The molecule has 1 N–H and O–H groups in total. The van der Waals surface area contributed by atoms with Crippen LogP contribution in [-0.4, -0.2) is 43.0 Å². The molecule has 0 radical (unpaired) electrons. The Morgan fingerprint density at radius 1 is 0.972 bits per heavy atom. The Morgan fingerprint density at radius 2 is 1.47 bits per heavy atom. The third kappa shape index (κ3) is 11.5. The fraction of sp³-hybridized carbons (Fsp3) is 0.724. The molecule has 0 saturated carbocycles. The van der Waals surface area contributed by atoms with Crippen molar-refractivity contribution in [3.8, 4) is 0 Å². The van der Waals surface area contributed by atoms with Crippen LogP contribution in [0.3, 0.4) is 0 Å². The highest BCUT2D eigenvalue weighted by Gasteiger charge is 2.52. The molecule has 0 bridgehead atoms. The fourth-order valence-electron chi connectivity index (χ4n) is 3.82. The molecule has 0 aromatic heterocycles. The van der Waals surface area contributed by atoms with E-state index >= 15 is 0 Å². The third-order valence-corrected chi connectivity index (χ3v) is 7.57. The zero-order chi connectivity index (χ0) is 29.3. The van der Waals surface area contributed by atoms with Crippen LogP contribution < -0.4 is 5.32 Å². The summed E-state index contributed by atoms with van der Waals surface area (Å²) in [5.41, 5.74) is -1.30. The maximum absolute atomic E-state index is 13.5. The van der Waals surface area contributed by atoms with Gasteiger partial charge in [0.2, 0.25) is 15.9 Å². The summed E-state index contributed by atoms with van der Waals surface area (Å²) < 4.78 is 28.5. The number of ketones is 1. The van der Waals surface area contributed by atoms with E-state index in [1.165, 1.54) is 11.2 Å². The van der Waals surface area contributed by atoms with Gasteiger partial charge in [-0.2, -0.15) is 4.31 Å². The molecule has 1 heterocycles. The van der Waals surface area contributed by atoms with Crippen LogP contribution in [0.1, 0.15) is 103 Å². The standard InChI is InChI=1S/C21H32N2O4S.4C2H6/c1-15-9-7-8-10-17(11-15)28(26,27)23-14-20(3,4)18(12-21(23,5)6)19(25)22-13-16(2)24;4*1-2/h7-11,15,18H,12-14H2,1-6H3,(H,22,25);4*1-2H3. The van der Waals surface area contributed by atoms with E-state index in [-0.39, 0.29) is 41.5 Å². The van der Waals surface area contributed by atoms with Crippen LogP contribution in [0, 0.1) is 17.3 Å². The predicted molar refractivity (Wildman–Crippen MR) is 156 cm³/mol. The molecule has 212 valence electrons. The Bertz CT molecular complexity index is 837. The van der Waals surface area contributed by atoms with Gasteiger partial charge >= 0.3 is 0 Å². The van der Waals surface area contributed by atoms with Crippen LogP contribution in [0.2, 0.25) is 0 Å². The lowest BCUT2D eigenvalue weighted by atomic mass is 9.68. The Kier molecular flexibility index (Phi) is 19.9. The van der Waals surface area contributed by atoms with Crippen molar-refractivity contribution in [2.75, 3.05) is 13.1 Å². The molecular weight excluding hydrogens is 472 g/mol. The molecule has 7 heteroatoms. The summed E-state index contributed by atoms with van der Waals surface area (Å²) in [4.78, 5) is 24.2. The minimum atomic E-state index is -3.71. The van der Waals surface area contributed by atoms with E-state index in [2.05, 4.69) is 5.32 Å². The summed E-state index contributed by atoms with van der Waals surface area (Å²) in [5, 5.41) is 2.69. The van der Waals surface area contributed by atoms with Crippen LogP contribution in [0.5, 0.6) is 0 Å². The molecule has 1 fully saturated rings. The van der Waals surface area contributed by atoms with Crippen LogP contribution >= 0.6 is 0 Å². The van der Waals surface area contributed by atoms with E-state index in [0.717, 1.165) is 0 Å². The lowest BCUT2D eigenvalue weighted by Crippen LogP contribution is -2.61. The van der Waals surface area contributed by atoms with E-state index in [4.69, 9.17) is 0 Å². The van der Waals surface area contributed by atoms with Crippen molar-refractivity contribution < 1.29 is 18.0 Å². The second kappa shape index (κ2) is 18.5. The van der Waals surface area contributed by atoms with Gasteiger partial charge in [0.05, 0.1) is 11.4 Å². The highest BCUT2D eigenvalue weighted by molar-refractivity contribution is 7.93. The highest BCUT2D eigenvalue weighted by atomic mass is 32.2. The van der Waals surface area contributed by atoms with Gasteiger partial charge in [0.15, 0.2) is 0 Å². The zero-order valence-corrected chi connectivity index (χ0v) is 26.5. The molecule has 2 aliphatic rings.